The molecule has 1 aromatic heterocycles. The van der Waals surface area contributed by atoms with E-state index in [-0.39, 0.29) is 5.41 Å². The van der Waals surface area contributed by atoms with Gasteiger partial charge in [0.2, 0.25) is 0 Å². The Bertz CT molecular complexity index is 3250. The van der Waals surface area contributed by atoms with E-state index in [1.165, 1.54) is 55.6 Å². The van der Waals surface area contributed by atoms with Crippen LogP contribution in [0.25, 0.3) is 55.3 Å². The van der Waals surface area contributed by atoms with Crippen molar-refractivity contribution in [3.63, 3.8) is 0 Å². The lowest BCUT2D eigenvalue weighted by Crippen LogP contribution is -2.28. The highest BCUT2D eigenvalue weighted by Gasteiger charge is 2.46. The Kier molecular flexibility index (Phi) is 7.52. The molecule has 284 valence electrons. The maximum Gasteiger partial charge on any atom is 0.143 e. The number of hydrogen-bond donors (Lipinski definition) is 0. The van der Waals surface area contributed by atoms with E-state index in [1.807, 2.05) is 0 Å². The van der Waals surface area contributed by atoms with Crippen molar-refractivity contribution in [1.82, 2.24) is 0 Å². The zero-order chi connectivity index (χ0) is 40.0. The summed E-state index contributed by atoms with van der Waals surface area (Å²) in [5.41, 5.74) is 19.5. The quantitative estimate of drug-likeness (QED) is 0.168. The standard InChI is InChI=1S/C58H41NO/c1-57(2)49-29-12-9-24-44(49)47-35-34-42(37-52(47)57)59(53-32-17-33-54-55(53)48-28-16-27-43(56(48)60-54)38-18-5-3-6-19-38)41-23-15-22-40(36-41)58(39-20-7-4-8-21-39)50-30-13-10-25-45(50)46-26-11-14-31-51(46)58/h3-37H,1-2H3. The lowest BCUT2D eigenvalue weighted by molar-refractivity contribution is 0.660. The highest BCUT2D eigenvalue weighted by Crippen LogP contribution is 2.57. The third-order valence-electron chi connectivity index (χ3n) is 13.3. The molecule has 1 heterocycles. The van der Waals surface area contributed by atoms with Crippen LogP contribution in [0.3, 0.4) is 0 Å². The van der Waals surface area contributed by atoms with Crippen molar-refractivity contribution in [1.29, 1.82) is 0 Å². The molecule has 12 rings (SSSR count). The van der Waals surface area contributed by atoms with Crippen LogP contribution in [0.15, 0.2) is 217 Å². The largest absolute Gasteiger partial charge is 0.455 e. The first-order valence-electron chi connectivity index (χ1n) is 20.9. The van der Waals surface area contributed by atoms with Crippen LogP contribution >= 0.6 is 0 Å². The molecule has 0 aliphatic heterocycles. The van der Waals surface area contributed by atoms with Crippen LogP contribution in [0, 0.1) is 0 Å². The molecule has 2 nitrogen and oxygen atoms in total. The van der Waals surface area contributed by atoms with Crippen LogP contribution in [0.1, 0.15) is 47.2 Å². The Morgan fingerprint density at radius 1 is 0.400 bits per heavy atom. The first-order valence-corrected chi connectivity index (χ1v) is 20.9. The van der Waals surface area contributed by atoms with Gasteiger partial charge in [0.25, 0.3) is 0 Å². The topological polar surface area (TPSA) is 16.4 Å². The summed E-state index contributed by atoms with van der Waals surface area (Å²) in [4.78, 5) is 2.47. The Hall–Kier alpha value is -7.42. The fourth-order valence-corrected chi connectivity index (χ4v) is 10.7. The second-order valence-electron chi connectivity index (χ2n) is 16.8. The van der Waals surface area contributed by atoms with E-state index < -0.39 is 5.41 Å². The zero-order valence-electron chi connectivity index (χ0n) is 33.6. The van der Waals surface area contributed by atoms with Gasteiger partial charge in [-0.3, -0.25) is 0 Å². The molecular weight excluding hydrogens is 727 g/mol. The number of fused-ring (bicyclic) bond motifs is 9. The minimum absolute atomic E-state index is 0.164. The molecule has 0 N–H and O–H groups in total. The summed E-state index contributed by atoms with van der Waals surface area (Å²) >= 11 is 0. The van der Waals surface area contributed by atoms with Crippen molar-refractivity contribution in [2.45, 2.75) is 24.7 Å². The Labute approximate surface area is 350 Å². The molecule has 2 aliphatic carbocycles. The second-order valence-corrected chi connectivity index (χ2v) is 16.8. The minimum atomic E-state index is -0.531. The van der Waals surface area contributed by atoms with Crippen molar-refractivity contribution < 1.29 is 4.42 Å². The monoisotopic (exact) mass is 767 g/mol. The van der Waals surface area contributed by atoms with Gasteiger partial charge in [-0.25, -0.2) is 0 Å². The molecule has 0 unspecified atom stereocenters. The summed E-state index contributed by atoms with van der Waals surface area (Å²) in [6.45, 7) is 4.72. The maximum absolute atomic E-state index is 6.88. The molecule has 0 fully saturated rings. The first kappa shape index (κ1) is 34.6. The van der Waals surface area contributed by atoms with E-state index in [2.05, 4.69) is 231 Å². The van der Waals surface area contributed by atoms with E-state index in [0.29, 0.717) is 0 Å². The predicted octanol–water partition coefficient (Wildman–Crippen LogP) is 15.4. The molecule has 60 heavy (non-hydrogen) atoms. The Balaban J connectivity index is 1.14. The lowest BCUT2D eigenvalue weighted by Gasteiger charge is -2.35. The fraction of sp³-hybridized carbons (Fsp3) is 0.0690. The normalized spacial score (nSPS) is 14.1. The maximum atomic E-state index is 6.88. The van der Waals surface area contributed by atoms with Crippen LogP contribution in [-0.4, -0.2) is 0 Å². The number of benzene rings is 9. The summed E-state index contributed by atoms with van der Waals surface area (Å²) in [6, 6.07) is 77.9. The molecule has 9 aromatic carbocycles. The fourth-order valence-electron chi connectivity index (χ4n) is 10.7. The number of para-hydroxylation sites is 1. The number of nitrogens with zero attached hydrogens (tertiary/aromatic N) is 1. The molecule has 0 radical (unpaired) electrons. The molecule has 0 spiro atoms. The second kappa shape index (κ2) is 13.0. The van der Waals surface area contributed by atoms with Crippen LogP contribution in [0.5, 0.6) is 0 Å². The number of rotatable bonds is 6. The van der Waals surface area contributed by atoms with Gasteiger partial charge in [-0.05, 0) is 97.6 Å². The predicted molar refractivity (Wildman–Crippen MR) is 249 cm³/mol. The summed E-state index contributed by atoms with van der Waals surface area (Å²) in [5, 5.41) is 2.18. The van der Waals surface area contributed by atoms with Gasteiger partial charge >= 0.3 is 0 Å². The van der Waals surface area contributed by atoms with Gasteiger partial charge < -0.3 is 9.32 Å². The highest BCUT2D eigenvalue weighted by molar-refractivity contribution is 6.16. The Morgan fingerprint density at radius 2 is 0.950 bits per heavy atom. The average molecular weight is 768 g/mol. The van der Waals surface area contributed by atoms with Gasteiger partial charge in [-0.2, -0.15) is 0 Å². The molecular formula is C58H41NO. The van der Waals surface area contributed by atoms with Crippen LogP contribution in [-0.2, 0) is 10.8 Å². The molecule has 0 amide bonds. The molecule has 0 saturated carbocycles. The average Bonchev–Trinajstić information content (AvgIpc) is 3.92. The van der Waals surface area contributed by atoms with Gasteiger partial charge in [0.15, 0.2) is 0 Å². The third kappa shape index (κ3) is 4.82. The molecule has 0 saturated heterocycles. The van der Waals surface area contributed by atoms with Gasteiger partial charge in [-0.1, -0.05) is 190 Å². The molecule has 0 atom stereocenters. The van der Waals surface area contributed by atoms with Crippen molar-refractivity contribution in [3.8, 4) is 33.4 Å². The lowest BCUT2D eigenvalue weighted by atomic mass is 9.67. The SMILES string of the molecule is CC1(C)c2ccccc2-c2ccc(N(c3cccc(C4(c5ccccc5)c5ccccc5-c5ccccc54)c3)c3cccc4oc5c(-c6ccccc6)cccc5c34)cc21. The summed E-state index contributed by atoms with van der Waals surface area (Å²) < 4.78 is 6.88. The van der Waals surface area contributed by atoms with Gasteiger partial charge in [0.1, 0.15) is 11.2 Å². The zero-order valence-corrected chi connectivity index (χ0v) is 33.6. The van der Waals surface area contributed by atoms with E-state index in [0.717, 1.165) is 50.1 Å². The minimum Gasteiger partial charge on any atom is -0.455 e. The smallest absolute Gasteiger partial charge is 0.143 e. The number of anilines is 3. The van der Waals surface area contributed by atoms with E-state index in [4.69, 9.17) is 4.42 Å². The molecule has 2 aliphatic rings. The van der Waals surface area contributed by atoms with Crippen molar-refractivity contribution in [2.75, 3.05) is 4.90 Å². The van der Waals surface area contributed by atoms with E-state index in [9.17, 15) is 0 Å². The number of furan rings is 1. The summed E-state index contributed by atoms with van der Waals surface area (Å²) in [5.74, 6) is 0. The molecule has 10 aromatic rings. The summed E-state index contributed by atoms with van der Waals surface area (Å²) in [7, 11) is 0. The van der Waals surface area contributed by atoms with Gasteiger partial charge in [0.05, 0.1) is 16.5 Å². The van der Waals surface area contributed by atoms with Crippen molar-refractivity contribution in [3.05, 3.63) is 246 Å². The van der Waals surface area contributed by atoms with Crippen molar-refractivity contribution >= 4 is 39.0 Å². The number of hydrogen-bond acceptors (Lipinski definition) is 2. The highest BCUT2D eigenvalue weighted by atomic mass is 16.3. The Morgan fingerprint density at radius 3 is 1.68 bits per heavy atom. The van der Waals surface area contributed by atoms with Gasteiger partial charge in [0, 0.05) is 27.7 Å². The van der Waals surface area contributed by atoms with Crippen LogP contribution < -0.4 is 4.90 Å². The first-order chi connectivity index (χ1) is 29.5. The van der Waals surface area contributed by atoms with Gasteiger partial charge in [-0.15, -0.1) is 0 Å². The van der Waals surface area contributed by atoms with Crippen molar-refractivity contribution in [2.24, 2.45) is 0 Å². The summed E-state index contributed by atoms with van der Waals surface area (Å²) in [6.07, 6.45) is 0. The molecule has 0 bridgehead atoms. The molecule has 2 heteroatoms. The van der Waals surface area contributed by atoms with Crippen LogP contribution in [0.2, 0.25) is 0 Å². The van der Waals surface area contributed by atoms with E-state index >= 15 is 0 Å². The van der Waals surface area contributed by atoms with E-state index in [1.54, 1.807) is 0 Å². The third-order valence-corrected chi connectivity index (χ3v) is 13.3. The van der Waals surface area contributed by atoms with Crippen LogP contribution in [0.4, 0.5) is 17.1 Å².